The third kappa shape index (κ3) is 2.89. The van der Waals surface area contributed by atoms with Crippen LogP contribution < -0.4 is 0 Å². The van der Waals surface area contributed by atoms with E-state index in [0.717, 1.165) is 5.57 Å². The van der Waals surface area contributed by atoms with Crippen LogP contribution in [-0.4, -0.2) is 53.3 Å². The SMILES string of the molecule is CC1=C[C@H]2CN(C1)C(=O)N2O[C@@H](C)C(=O)OC(C)C. The molecule has 0 aromatic carbocycles. The lowest BCUT2D eigenvalue weighted by atomic mass is 10.1. The van der Waals surface area contributed by atoms with Crippen molar-refractivity contribution in [3.05, 3.63) is 11.6 Å². The summed E-state index contributed by atoms with van der Waals surface area (Å²) in [5.41, 5.74) is 1.13. The number of hydroxylamine groups is 2. The zero-order valence-corrected chi connectivity index (χ0v) is 11.8. The van der Waals surface area contributed by atoms with Gasteiger partial charge in [0.1, 0.15) is 0 Å². The molecular formula is C13H20N2O4. The molecule has 2 aliphatic heterocycles. The normalized spacial score (nSPS) is 23.7. The van der Waals surface area contributed by atoms with Crippen LogP contribution in [0.5, 0.6) is 0 Å². The summed E-state index contributed by atoms with van der Waals surface area (Å²) in [6, 6.07) is -0.308. The van der Waals surface area contributed by atoms with Crippen molar-refractivity contribution in [2.45, 2.75) is 45.9 Å². The fourth-order valence-electron chi connectivity index (χ4n) is 2.26. The summed E-state index contributed by atoms with van der Waals surface area (Å²) in [6.07, 6.45) is 1.01. The maximum absolute atomic E-state index is 12.1. The van der Waals surface area contributed by atoms with Gasteiger partial charge < -0.3 is 9.64 Å². The Bertz CT molecular complexity index is 419. The highest BCUT2D eigenvalue weighted by molar-refractivity contribution is 5.78. The van der Waals surface area contributed by atoms with Crippen molar-refractivity contribution >= 4 is 12.0 Å². The minimum absolute atomic E-state index is 0.115. The van der Waals surface area contributed by atoms with Crippen LogP contribution in [0.3, 0.4) is 0 Å². The molecular weight excluding hydrogens is 248 g/mol. The van der Waals surface area contributed by atoms with Crippen LogP contribution in [0.25, 0.3) is 0 Å². The third-order valence-electron chi connectivity index (χ3n) is 3.04. The van der Waals surface area contributed by atoms with Crippen LogP contribution in [0.4, 0.5) is 4.79 Å². The first-order chi connectivity index (χ1) is 8.88. The molecule has 0 unspecified atom stereocenters. The molecule has 6 heteroatoms. The molecule has 0 N–H and O–H groups in total. The molecule has 0 aromatic rings. The van der Waals surface area contributed by atoms with Crippen molar-refractivity contribution in [1.29, 1.82) is 0 Å². The van der Waals surface area contributed by atoms with E-state index in [4.69, 9.17) is 9.57 Å². The topological polar surface area (TPSA) is 59.1 Å². The van der Waals surface area contributed by atoms with Crippen molar-refractivity contribution in [1.82, 2.24) is 9.96 Å². The second-order valence-corrected chi connectivity index (χ2v) is 5.30. The van der Waals surface area contributed by atoms with Crippen LogP contribution in [-0.2, 0) is 14.4 Å². The Morgan fingerprint density at radius 1 is 1.42 bits per heavy atom. The van der Waals surface area contributed by atoms with Gasteiger partial charge >= 0.3 is 12.0 Å². The number of hydrogen-bond acceptors (Lipinski definition) is 4. The number of amides is 2. The zero-order valence-electron chi connectivity index (χ0n) is 11.8. The number of hydrogen-bond donors (Lipinski definition) is 0. The number of urea groups is 1. The van der Waals surface area contributed by atoms with E-state index in [0.29, 0.717) is 13.1 Å². The molecule has 6 nitrogen and oxygen atoms in total. The Morgan fingerprint density at radius 3 is 2.74 bits per heavy atom. The zero-order chi connectivity index (χ0) is 14.2. The summed E-state index contributed by atoms with van der Waals surface area (Å²) in [5.74, 6) is -0.458. The van der Waals surface area contributed by atoms with Gasteiger partial charge in [-0.15, -0.1) is 0 Å². The van der Waals surface area contributed by atoms with Crippen LogP contribution in [0.1, 0.15) is 27.7 Å². The van der Waals surface area contributed by atoms with E-state index >= 15 is 0 Å². The van der Waals surface area contributed by atoms with E-state index in [2.05, 4.69) is 0 Å². The van der Waals surface area contributed by atoms with Crippen molar-refractivity contribution in [3.8, 4) is 0 Å². The average Bonchev–Trinajstić information content (AvgIpc) is 2.52. The summed E-state index contributed by atoms with van der Waals surface area (Å²) < 4.78 is 5.06. The largest absolute Gasteiger partial charge is 0.461 e. The fraction of sp³-hybridized carbons (Fsp3) is 0.692. The summed E-state index contributed by atoms with van der Waals surface area (Å²) in [5, 5.41) is 1.28. The highest BCUT2D eigenvalue weighted by Gasteiger charge is 2.41. The minimum Gasteiger partial charge on any atom is -0.461 e. The Balaban J connectivity index is 1.99. The van der Waals surface area contributed by atoms with Gasteiger partial charge in [-0.25, -0.2) is 9.59 Å². The van der Waals surface area contributed by atoms with Gasteiger partial charge in [0, 0.05) is 13.1 Å². The minimum atomic E-state index is -0.791. The van der Waals surface area contributed by atoms with Gasteiger partial charge in [0.2, 0.25) is 0 Å². The number of esters is 1. The van der Waals surface area contributed by atoms with E-state index < -0.39 is 12.1 Å². The first-order valence-corrected chi connectivity index (χ1v) is 6.51. The summed E-state index contributed by atoms with van der Waals surface area (Å²) in [6.45, 7) is 8.35. The standard InChI is InChI=1S/C13H20N2O4/c1-8(2)18-12(16)10(4)19-15-11-5-9(3)6-14(7-11)13(15)17/h5,8,10-11H,6-7H2,1-4H3/t10-,11-/m0/s1. The Hall–Kier alpha value is -1.56. The van der Waals surface area contributed by atoms with Gasteiger partial charge in [-0.05, 0) is 27.7 Å². The van der Waals surface area contributed by atoms with Gasteiger partial charge in [-0.3, -0.25) is 4.84 Å². The monoisotopic (exact) mass is 268 g/mol. The summed E-state index contributed by atoms with van der Waals surface area (Å²) >= 11 is 0. The van der Waals surface area contributed by atoms with Gasteiger partial charge in [0.05, 0.1) is 12.1 Å². The van der Waals surface area contributed by atoms with Gasteiger partial charge in [0.15, 0.2) is 6.10 Å². The Kier molecular flexibility index (Phi) is 3.80. The molecule has 2 aliphatic rings. The molecule has 2 bridgehead atoms. The van der Waals surface area contributed by atoms with E-state index in [1.165, 1.54) is 5.06 Å². The second-order valence-electron chi connectivity index (χ2n) is 5.30. The van der Waals surface area contributed by atoms with Crippen LogP contribution in [0.15, 0.2) is 11.6 Å². The molecule has 0 aliphatic carbocycles. The van der Waals surface area contributed by atoms with Crippen molar-refractivity contribution in [3.63, 3.8) is 0 Å². The first-order valence-electron chi connectivity index (χ1n) is 6.51. The van der Waals surface area contributed by atoms with Crippen LogP contribution in [0, 0.1) is 0 Å². The Labute approximate surface area is 112 Å². The fourth-order valence-corrected chi connectivity index (χ4v) is 2.26. The van der Waals surface area contributed by atoms with E-state index in [1.54, 1.807) is 25.7 Å². The van der Waals surface area contributed by atoms with E-state index in [-0.39, 0.29) is 18.2 Å². The lowest BCUT2D eigenvalue weighted by Gasteiger charge is -2.23. The van der Waals surface area contributed by atoms with Crippen molar-refractivity contribution in [2.24, 2.45) is 0 Å². The van der Waals surface area contributed by atoms with Gasteiger partial charge in [0.25, 0.3) is 0 Å². The lowest BCUT2D eigenvalue weighted by molar-refractivity contribution is -0.193. The number of carbonyl (C=O) groups excluding carboxylic acids is 2. The van der Waals surface area contributed by atoms with Crippen LogP contribution in [0.2, 0.25) is 0 Å². The highest BCUT2D eigenvalue weighted by Crippen LogP contribution is 2.25. The summed E-state index contributed by atoms with van der Waals surface area (Å²) in [7, 11) is 0. The molecule has 0 saturated carbocycles. The Morgan fingerprint density at radius 2 is 2.11 bits per heavy atom. The number of fused-ring (bicyclic) bond motifs is 2. The average molecular weight is 268 g/mol. The maximum Gasteiger partial charge on any atom is 0.344 e. The first kappa shape index (κ1) is 13.9. The molecule has 2 rings (SSSR count). The second kappa shape index (κ2) is 5.21. The smallest absolute Gasteiger partial charge is 0.344 e. The third-order valence-corrected chi connectivity index (χ3v) is 3.04. The number of rotatable bonds is 4. The number of ether oxygens (including phenoxy) is 1. The van der Waals surface area contributed by atoms with Crippen molar-refractivity contribution < 1.29 is 19.2 Å². The maximum atomic E-state index is 12.1. The van der Waals surface area contributed by atoms with E-state index in [1.807, 2.05) is 13.0 Å². The van der Waals surface area contributed by atoms with E-state index in [9.17, 15) is 9.59 Å². The predicted octanol–water partition coefficient (Wildman–Crippen LogP) is 1.32. The number of carbonyl (C=O) groups is 2. The lowest BCUT2D eigenvalue weighted by Crippen LogP contribution is -2.39. The quantitative estimate of drug-likeness (QED) is 0.570. The molecule has 1 saturated heterocycles. The molecule has 19 heavy (non-hydrogen) atoms. The molecule has 2 atom stereocenters. The highest BCUT2D eigenvalue weighted by atomic mass is 16.7. The summed E-state index contributed by atoms with van der Waals surface area (Å²) in [4.78, 5) is 30.9. The van der Waals surface area contributed by atoms with Crippen molar-refractivity contribution in [2.75, 3.05) is 13.1 Å². The molecule has 0 spiro atoms. The van der Waals surface area contributed by atoms with Gasteiger partial charge in [-0.1, -0.05) is 11.6 Å². The number of nitrogens with zero attached hydrogens (tertiary/aromatic N) is 2. The van der Waals surface area contributed by atoms with Gasteiger partial charge in [-0.2, -0.15) is 5.06 Å². The molecule has 2 amide bonds. The molecule has 0 aromatic heterocycles. The molecule has 0 radical (unpaired) electrons. The molecule has 106 valence electrons. The molecule has 1 fully saturated rings. The van der Waals surface area contributed by atoms with Crippen LogP contribution >= 0.6 is 0 Å². The molecule has 2 heterocycles. The predicted molar refractivity (Wildman–Crippen MR) is 68.1 cm³/mol.